The third-order valence-electron chi connectivity index (χ3n) is 3.99. The molecular formula is C14H17N7. The Kier molecular flexibility index (Phi) is 2.75. The van der Waals surface area contributed by atoms with E-state index >= 15 is 0 Å². The highest BCUT2D eigenvalue weighted by molar-refractivity contribution is 5.73. The molecule has 4 rings (SSSR count). The van der Waals surface area contributed by atoms with Crippen LogP contribution in [-0.2, 0) is 20.6 Å². The summed E-state index contributed by atoms with van der Waals surface area (Å²) in [5.41, 5.74) is 4.12. The van der Waals surface area contributed by atoms with E-state index in [1.165, 1.54) is 5.56 Å². The molecule has 1 aliphatic heterocycles. The highest BCUT2D eigenvalue weighted by Gasteiger charge is 2.32. The minimum Gasteiger partial charge on any atom is -0.298 e. The normalized spacial score (nSPS) is 16.5. The topological polar surface area (TPSA) is 64.7 Å². The quantitative estimate of drug-likeness (QED) is 0.708. The lowest BCUT2D eigenvalue weighted by molar-refractivity contribution is 0.137. The molecule has 3 aromatic rings. The summed E-state index contributed by atoms with van der Waals surface area (Å²) in [6.07, 6.45) is 7.44. The van der Waals surface area contributed by atoms with Crippen molar-refractivity contribution in [3.63, 3.8) is 0 Å². The van der Waals surface area contributed by atoms with Crippen LogP contribution in [0.25, 0.3) is 11.2 Å². The van der Waals surface area contributed by atoms with Gasteiger partial charge in [0.2, 0.25) is 0 Å². The Labute approximate surface area is 122 Å². The van der Waals surface area contributed by atoms with Gasteiger partial charge in [-0.05, 0) is 0 Å². The molecule has 1 fully saturated rings. The molecule has 0 bridgehead atoms. The van der Waals surface area contributed by atoms with E-state index in [1.54, 1.807) is 12.4 Å². The fourth-order valence-electron chi connectivity index (χ4n) is 2.96. The molecule has 0 aromatic carbocycles. The number of fused-ring (bicyclic) bond motifs is 1. The van der Waals surface area contributed by atoms with Crippen molar-refractivity contribution in [2.45, 2.75) is 12.5 Å². The molecule has 108 valence electrons. The third-order valence-corrected chi connectivity index (χ3v) is 3.99. The van der Waals surface area contributed by atoms with Crippen LogP contribution >= 0.6 is 0 Å². The molecule has 1 saturated heterocycles. The number of hydrogen-bond acceptors (Lipinski definition) is 5. The van der Waals surface area contributed by atoms with Crippen LogP contribution in [-0.4, -0.2) is 47.5 Å². The fraction of sp³-hybridized carbons (Fsp3) is 0.429. The zero-order valence-corrected chi connectivity index (χ0v) is 12.1. The summed E-state index contributed by atoms with van der Waals surface area (Å²) in [6, 6.07) is 0. The van der Waals surface area contributed by atoms with E-state index in [9.17, 15) is 0 Å². The van der Waals surface area contributed by atoms with Crippen molar-refractivity contribution in [2.24, 2.45) is 14.1 Å². The van der Waals surface area contributed by atoms with Crippen LogP contribution in [0.15, 0.2) is 24.8 Å². The average Bonchev–Trinajstić information content (AvgIpc) is 2.99. The molecule has 0 atom stereocenters. The summed E-state index contributed by atoms with van der Waals surface area (Å²) in [5.74, 6) is 0.446. The number of hydrogen-bond donors (Lipinski definition) is 0. The zero-order valence-electron chi connectivity index (χ0n) is 12.1. The van der Waals surface area contributed by atoms with E-state index < -0.39 is 0 Å². The molecule has 0 spiro atoms. The van der Waals surface area contributed by atoms with Gasteiger partial charge in [0.25, 0.3) is 0 Å². The molecule has 3 aromatic heterocycles. The Morgan fingerprint density at radius 2 is 2.00 bits per heavy atom. The maximum Gasteiger partial charge on any atom is 0.176 e. The zero-order chi connectivity index (χ0) is 14.4. The lowest BCUT2D eigenvalue weighted by Gasteiger charge is -2.38. The van der Waals surface area contributed by atoms with Crippen molar-refractivity contribution < 1.29 is 0 Å². The van der Waals surface area contributed by atoms with E-state index in [-0.39, 0.29) is 0 Å². The van der Waals surface area contributed by atoms with Crippen molar-refractivity contribution in [1.29, 1.82) is 0 Å². The molecule has 4 heterocycles. The summed E-state index contributed by atoms with van der Waals surface area (Å²) in [6.45, 7) is 2.97. The van der Waals surface area contributed by atoms with E-state index in [4.69, 9.17) is 0 Å². The fourth-order valence-corrected chi connectivity index (χ4v) is 2.96. The summed E-state index contributed by atoms with van der Waals surface area (Å²) in [5, 5.41) is 8.81. The molecule has 21 heavy (non-hydrogen) atoms. The molecule has 0 unspecified atom stereocenters. The molecule has 0 amide bonds. The second-order valence-electron chi connectivity index (χ2n) is 5.65. The van der Waals surface area contributed by atoms with Crippen LogP contribution < -0.4 is 0 Å². The van der Waals surface area contributed by atoms with Crippen molar-refractivity contribution in [2.75, 3.05) is 13.1 Å². The molecular weight excluding hydrogens is 266 g/mol. The Bertz CT molecular complexity index is 782. The monoisotopic (exact) mass is 283 g/mol. The van der Waals surface area contributed by atoms with Gasteiger partial charge in [0.15, 0.2) is 5.65 Å². The number of nitrogens with zero attached hydrogens (tertiary/aromatic N) is 7. The summed E-state index contributed by atoms with van der Waals surface area (Å²) >= 11 is 0. The third kappa shape index (κ3) is 2.09. The van der Waals surface area contributed by atoms with Gasteiger partial charge in [0.05, 0.1) is 11.9 Å². The van der Waals surface area contributed by atoms with Crippen molar-refractivity contribution >= 4 is 11.2 Å². The summed E-state index contributed by atoms with van der Waals surface area (Å²) in [7, 11) is 3.87. The van der Waals surface area contributed by atoms with Crippen LogP contribution in [0.5, 0.6) is 0 Å². The Morgan fingerprint density at radius 1 is 1.19 bits per heavy atom. The minimum atomic E-state index is 0.446. The molecule has 7 heteroatoms. The largest absolute Gasteiger partial charge is 0.298 e. The van der Waals surface area contributed by atoms with Crippen molar-refractivity contribution in [3.05, 3.63) is 36.0 Å². The predicted molar refractivity (Wildman–Crippen MR) is 77.5 cm³/mol. The Morgan fingerprint density at radius 3 is 2.76 bits per heavy atom. The molecule has 1 aliphatic rings. The van der Waals surface area contributed by atoms with Gasteiger partial charge in [-0.2, -0.15) is 10.2 Å². The van der Waals surface area contributed by atoms with Gasteiger partial charge in [-0.3, -0.25) is 9.58 Å². The van der Waals surface area contributed by atoms with Crippen LogP contribution in [0, 0.1) is 0 Å². The number of rotatable bonds is 3. The molecule has 7 nitrogen and oxygen atoms in total. The van der Waals surface area contributed by atoms with Crippen LogP contribution in [0.4, 0.5) is 0 Å². The number of aryl methyl sites for hydroxylation is 2. The van der Waals surface area contributed by atoms with Gasteiger partial charge in [0.1, 0.15) is 5.52 Å². The number of likely N-dealkylation sites (tertiary alicyclic amines) is 1. The maximum absolute atomic E-state index is 4.61. The smallest absolute Gasteiger partial charge is 0.176 e. The Balaban J connectivity index is 1.49. The molecule has 0 saturated carbocycles. The maximum atomic E-state index is 4.61. The van der Waals surface area contributed by atoms with Crippen molar-refractivity contribution in [1.82, 2.24) is 34.4 Å². The summed E-state index contributed by atoms with van der Waals surface area (Å²) in [4.78, 5) is 11.2. The van der Waals surface area contributed by atoms with Crippen LogP contribution in [0.1, 0.15) is 17.2 Å². The minimum absolute atomic E-state index is 0.446. The first-order valence-corrected chi connectivity index (χ1v) is 7.04. The SMILES string of the molecule is Cn1cc(CN2CC(c3nn(C)c4nccnc34)C2)cn1. The van der Waals surface area contributed by atoms with Gasteiger partial charge < -0.3 is 0 Å². The van der Waals surface area contributed by atoms with Gasteiger partial charge in [0, 0.05) is 63.8 Å². The first-order valence-electron chi connectivity index (χ1n) is 7.04. The first kappa shape index (κ1) is 12.5. The van der Waals surface area contributed by atoms with Gasteiger partial charge in [-0.25, -0.2) is 14.6 Å². The molecule has 0 radical (unpaired) electrons. The number of aromatic nitrogens is 6. The standard InChI is InChI=1S/C14H17N7/c1-19-6-10(5-17-19)7-21-8-11(9-21)12-13-14(20(2)18-12)16-4-3-15-13/h3-6,11H,7-9H2,1-2H3. The van der Waals surface area contributed by atoms with E-state index in [2.05, 4.69) is 31.3 Å². The van der Waals surface area contributed by atoms with Crippen LogP contribution in [0.3, 0.4) is 0 Å². The van der Waals surface area contributed by atoms with E-state index in [0.29, 0.717) is 5.92 Å². The molecule has 0 N–H and O–H groups in total. The summed E-state index contributed by atoms with van der Waals surface area (Å²) < 4.78 is 3.66. The highest BCUT2D eigenvalue weighted by Crippen LogP contribution is 2.30. The average molecular weight is 283 g/mol. The highest BCUT2D eigenvalue weighted by atomic mass is 15.3. The van der Waals surface area contributed by atoms with Gasteiger partial charge >= 0.3 is 0 Å². The molecule has 0 aliphatic carbocycles. The predicted octanol–water partition coefficient (Wildman–Crippen LogP) is 0.696. The van der Waals surface area contributed by atoms with Crippen molar-refractivity contribution in [3.8, 4) is 0 Å². The Hall–Kier alpha value is -2.28. The van der Waals surface area contributed by atoms with E-state index in [1.807, 2.05) is 29.7 Å². The lowest BCUT2D eigenvalue weighted by atomic mass is 9.95. The van der Waals surface area contributed by atoms with Crippen LogP contribution in [0.2, 0.25) is 0 Å². The van der Waals surface area contributed by atoms with Gasteiger partial charge in [-0.1, -0.05) is 0 Å². The lowest BCUT2D eigenvalue weighted by Crippen LogP contribution is -2.44. The first-order chi connectivity index (χ1) is 10.2. The second kappa shape index (κ2) is 4.63. The van der Waals surface area contributed by atoms with E-state index in [0.717, 1.165) is 36.5 Å². The van der Waals surface area contributed by atoms with Gasteiger partial charge in [-0.15, -0.1) is 0 Å². The second-order valence-corrected chi connectivity index (χ2v) is 5.65.